The number of aliphatic carboxylic acids is 1. The van der Waals surface area contributed by atoms with Crippen molar-refractivity contribution in [2.45, 2.75) is 31.3 Å². The van der Waals surface area contributed by atoms with E-state index in [1.54, 1.807) is 0 Å². The van der Waals surface area contributed by atoms with Gasteiger partial charge in [0.1, 0.15) is 23.7 Å². The number of β-lactam (4-membered cyclic amide) rings is 1. The van der Waals surface area contributed by atoms with Crippen LogP contribution in [0.2, 0.25) is 0 Å². The average Bonchev–Trinajstić information content (AvgIpc) is 3.10. The molecule has 9 nitrogen and oxygen atoms in total. The molecule has 0 unspecified atom stereocenters. The highest BCUT2D eigenvalue weighted by Crippen LogP contribution is 2.40. The third-order valence-corrected chi connectivity index (χ3v) is 6.72. The van der Waals surface area contributed by atoms with Gasteiger partial charge < -0.3 is 20.9 Å². The van der Waals surface area contributed by atoms with E-state index in [2.05, 4.69) is 5.32 Å². The Kier molecular flexibility index (Phi) is 6.06. The molecule has 4 N–H and O–H groups in total. The van der Waals surface area contributed by atoms with E-state index in [1.807, 2.05) is 12.1 Å². The first-order chi connectivity index (χ1) is 13.3. The summed E-state index contributed by atoms with van der Waals surface area (Å²) in [5.41, 5.74) is 5.74. The van der Waals surface area contributed by atoms with E-state index in [9.17, 15) is 24.3 Å². The van der Waals surface area contributed by atoms with Crippen molar-refractivity contribution in [3.63, 3.8) is 0 Å². The molecule has 2 amide bonds. The summed E-state index contributed by atoms with van der Waals surface area (Å²) in [5.74, 6) is -2.30. The molecule has 0 spiro atoms. The molecule has 28 heavy (non-hydrogen) atoms. The van der Waals surface area contributed by atoms with Crippen molar-refractivity contribution in [3.8, 4) is 0 Å². The highest BCUT2D eigenvalue weighted by atomic mass is 32.2. The Labute approximate surface area is 168 Å². The van der Waals surface area contributed by atoms with Crippen molar-refractivity contribution in [1.29, 1.82) is 0 Å². The molecule has 0 saturated carbocycles. The molecular formula is C17H19N3O6S2. The van der Waals surface area contributed by atoms with Gasteiger partial charge in [-0.05, 0) is 12.1 Å². The summed E-state index contributed by atoms with van der Waals surface area (Å²) in [6, 6.07) is 2.90. The topological polar surface area (TPSA) is 139 Å². The molecule has 3 rings (SSSR count). The summed E-state index contributed by atoms with van der Waals surface area (Å²) in [7, 11) is 0. The molecule has 0 radical (unpaired) electrons. The van der Waals surface area contributed by atoms with Gasteiger partial charge in [-0.2, -0.15) is 0 Å². The molecule has 11 heteroatoms. The van der Waals surface area contributed by atoms with Crippen LogP contribution in [0.25, 0.3) is 0 Å². The molecule has 2 aliphatic rings. The van der Waals surface area contributed by atoms with E-state index in [-0.39, 0.29) is 24.6 Å². The number of carboxylic acid groups (broad SMARTS) is 1. The number of carboxylic acids is 1. The lowest BCUT2D eigenvalue weighted by atomic mass is 10.0. The predicted octanol–water partition coefficient (Wildman–Crippen LogP) is 0.0510. The number of hydrogen-bond donors (Lipinski definition) is 3. The van der Waals surface area contributed by atoms with Crippen LogP contribution >= 0.6 is 23.1 Å². The Bertz CT molecular complexity index is 865. The Morgan fingerprint density at radius 3 is 2.68 bits per heavy atom. The number of carbonyl (C=O) groups is 4. The number of rotatable bonds is 7. The van der Waals surface area contributed by atoms with Crippen LogP contribution in [0.15, 0.2) is 23.4 Å². The fourth-order valence-corrected chi connectivity index (χ4v) is 5.22. The van der Waals surface area contributed by atoms with Crippen LogP contribution in [0.4, 0.5) is 0 Å². The van der Waals surface area contributed by atoms with Gasteiger partial charge in [0.05, 0.1) is 6.42 Å². The zero-order chi connectivity index (χ0) is 20.4. The first kappa shape index (κ1) is 20.4. The minimum absolute atomic E-state index is 0.130. The number of nitrogens with zero attached hydrogens (tertiary/aromatic N) is 1. The van der Waals surface area contributed by atoms with Crippen LogP contribution in [0, 0.1) is 0 Å². The van der Waals surface area contributed by atoms with Crippen LogP contribution in [0.5, 0.6) is 0 Å². The average molecular weight is 425 g/mol. The molecule has 0 bridgehead atoms. The van der Waals surface area contributed by atoms with Gasteiger partial charge in [-0.25, -0.2) is 4.79 Å². The van der Waals surface area contributed by atoms with Crippen molar-refractivity contribution in [1.82, 2.24) is 10.2 Å². The van der Waals surface area contributed by atoms with Crippen LogP contribution in [-0.4, -0.2) is 57.5 Å². The molecule has 1 aromatic rings. The Balaban J connectivity index is 1.66. The summed E-state index contributed by atoms with van der Waals surface area (Å²) in [6.07, 6.45) is 0.130. The van der Waals surface area contributed by atoms with E-state index in [1.165, 1.54) is 30.0 Å². The molecule has 2 aliphatic heterocycles. The fourth-order valence-electron chi connectivity index (χ4n) is 2.99. The van der Waals surface area contributed by atoms with E-state index in [0.29, 0.717) is 17.9 Å². The quantitative estimate of drug-likeness (QED) is 0.411. The molecule has 0 aliphatic carbocycles. The Hall–Kier alpha value is -2.37. The lowest BCUT2D eigenvalue weighted by Gasteiger charge is -2.49. The zero-order valence-corrected chi connectivity index (χ0v) is 16.6. The number of hydrogen-bond acceptors (Lipinski definition) is 8. The number of amides is 2. The molecule has 1 aromatic heterocycles. The maximum atomic E-state index is 12.5. The minimum Gasteiger partial charge on any atom is -0.477 e. The summed E-state index contributed by atoms with van der Waals surface area (Å²) in [4.78, 5) is 50.4. The van der Waals surface area contributed by atoms with Crippen LogP contribution in [0.3, 0.4) is 0 Å². The van der Waals surface area contributed by atoms with Gasteiger partial charge in [-0.1, -0.05) is 0 Å². The number of thiophene rings is 1. The second-order valence-electron chi connectivity index (χ2n) is 6.24. The molecule has 3 heterocycles. The number of nitrogens with one attached hydrogen (secondary N) is 1. The smallest absolute Gasteiger partial charge is 0.352 e. The van der Waals surface area contributed by atoms with Gasteiger partial charge in [0.15, 0.2) is 0 Å². The van der Waals surface area contributed by atoms with E-state index < -0.39 is 29.3 Å². The van der Waals surface area contributed by atoms with Gasteiger partial charge in [-0.15, -0.1) is 23.1 Å². The molecule has 1 saturated heterocycles. The SMILES string of the molecule is CC(=O)OCC1=C(C(=O)O)N2C(=O)[C@@H](NC(=O)Cc3ccc(CN)s3)[C@H]2SC1. The van der Waals surface area contributed by atoms with E-state index >= 15 is 0 Å². The Morgan fingerprint density at radius 2 is 2.07 bits per heavy atom. The zero-order valence-electron chi connectivity index (χ0n) is 15.0. The first-order valence-electron chi connectivity index (χ1n) is 8.42. The summed E-state index contributed by atoms with van der Waals surface area (Å²) < 4.78 is 4.88. The van der Waals surface area contributed by atoms with Crippen LogP contribution in [-0.2, 0) is 36.9 Å². The third kappa shape index (κ3) is 4.05. The summed E-state index contributed by atoms with van der Waals surface area (Å²) >= 11 is 2.76. The van der Waals surface area contributed by atoms with Gasteiger partial charge in [-0.3, -0.25) is 19.3 Å². The minimum atomic E-state index is -1.27. The highest BCUT2D eigenvalue weighted by Gasteiger charge is 2.54. The number of fused-ring (bicyclic) bond motifs is 1. The molecular weight excluding hydrogens is 406 g/mol. The first-order valence-corrected chi connectivity index (χ1v) is 10.3. The monoisotopic (exact) mass is 425 g/mol. The molecule has 0 aromatic carbocycles. The highest BCUT2D eigenvalue weighted by molar-refractivity contribution is 8.00. The maximum absolute atomic E-state index is 12.5. The van der Waals surface area contributed by atoms with Crippen LogP contribution in [0.1, 0.15) is 16.7 Å². The number of thioether (sulfide) groups is 1. The van der Waals surface area contributed by atoms with Crippen molar-refractivity contribution >= 4 is 46.9 Å². The van der Waals surface area contributed by atoms with Crippen molar-refractivity contribution < 1.29 is 29.0 Å². The molecule has 2 atom stereocenters. The third-order valence-electron chi connectivity index (χ3n) is 4.27. The van der Waals surface area contributed by atoms with Gasteiger partial charge in [0, 0.05) is 34.5 Å². The van der Waals surface area contributed by atoms with Crippen LogP contribution < -0.4 is 11.1 Å². The van der Waals surface area contributed by atoms with Gasteiger partial charge in [0.2, 0.25) is 5.91 Å². The largest absolute Gasteiger partial charge is 0.477 e. The number of nitrogens with two attached hydrogens (primary N) is 1. The maximum Gasteiger partial charge on any atom is 0.352 e. The standard InChI is InChI=1S/C17H19N3O6S2/c1-8(21)26-6-9-7-27-16-13(15(23)20(16)14(9)17(24)25)19-12(22)4-10-2-3-11(5-18)28-10/h2-3,13,16H,4-7,18H2,1H3,(H,19,22)(H,24,25)/t13-,16-/m1/s1. The lowest BCUT2D eigenvalue weighted by molar-refractivity contribution is -0.151. The number of ether oxygens (including phenoxy) is 1. The van der Waals surface area contributed by atoms with Crippen molar-refractivity contribution in [3.05, 3.63) is 33.2 Å². The van der Waals surface area contributed by atoms with Crippen molar-refractivity contribution in [2.75, 3.05) is 12.4 Å². The summed E-state index contributed by atoms with van der Waals surface area (Å²) in [6.45, 7) is 1.45. The van der Waals surface area contributed by atoms with Gasteiger partial charge in [0.25, 0.3) is 5.91 Å². The van der Waals surface area contributed by atoms with Gasteiger partial charge >= 0.3 is 11.9 Å². The normalized spacial score (nSPS) is 21.1. The lowest BCUT2D eigenvalue weighted by Crippen LogP contribution is -2.70. The second kappa shape index (κ2) is 8.33. The number of carbonyl (C=O) groups excluding carboxylic acids is 3. The van der Waals surface area contributed by atoms with E-state index in [4.69, 9.17) is 10.5 Å². The predicted molar refractivity (Wildman–Crippen MR) is 102 cm³/mol. The van der Waals surface area contributed by atoms with Crippen molar-refractivity contribution in [2.24, 2.45) is 5.73 Å². The second-order valence-corrected chi connectivity index (χ2v) is 8.60. The number of esters is 1. The molecule has 1 fully saturated rings. The fraction of sp³-hybridized carbons (Fsp3) is 0.412. The summed E-state index contributed by atoms with van der Waals surface area (Å²) in [5, 5.41) is 11.7. The molecule has 150 valence electrons. The van der Waals surface area contributed by atoms with E-state index in [0.717, 1.165) is 14.7 Å². The Morgan fingerprint density at radius 1 is 1.36 bits per heavy atom.